The number of para-hydroxylation sites is 1. The van der Waals surface area contributed by atoms with Crippen molar-refractivity contribution in [2.75, 3.05) is 20.2 Å². The fraction of sp³-hybridized carbons (Fsp3) is 0.526. The molecule has 0 saturated heterocycles. The largest absolute Gasteiger partial charge is 0.493 e. The number of likely N-dealkylation sites (N-methyl/N-ethyl adjacent to an activating group) is 1. The van der Waals surface area contributed by atoms with Crippen LogP contribution in [0, 0.1) is 5.92 Å². The van der Waals surface area contributed by atoms with Crippen LogP contribution in [0.4, 0.5) is 8.78 Å². The van der Waals surface area contributed by atoms with Crippen LogP contribution in [0.3, 0.4) is 0 Å². The van der Waals surface area contributed by atoms with Crippen LogP contribution in [0.15, 0.2) is 24.3 Å². The van der Waals surface area contributed by atoms with E-state index in [9.17, 15) is 13.6 Å². The topological polar surface area (TPSA) is 38.8 Å². The number of hydrogen-bond donors (Lipinski definition) is 0. The Morgan fingerprint density at radius 1 is 1.24 bits per heavy atom. The minimum atomic E-state index is -2.97. The first-order valence-electron chi connectivity index (χ1n) is 8.55. The minimum Gasteiger partial charge on any atom is -0.493 e. The standard InChI is InChI=1S/C19H27F2NO3/c1-5-14(6-2)13-22(7-3)17(23)12-11-15-9-8-10-16(24-4)18(15)25-19(20)21/h8-12,14,19H,5-7,13H2,1-4H3/b12-11+. The maximum absolute atomic E-state index is 12.6. The van der Waals surface area contributed by atoms with Crippen LogP contribution >= 0.6 is 0 Å². The number of hydrogen-bond acceptors (Lipinski definition) is 3. The molecule has 0 bridgehead atoms. The summed E-state index contributed by atoms with van der Waals surface area (Å²) in [6.07, 6.45) is 4.88. The number of benzene rings is 1. The molecular weight excluding hydrogens is 328 g/mol. The van der Waals surface area contributed by atoms with E-state index in [-0.39, 0.29) is 17.4 Å². The molecule has 1 aromatic carbocycles. The van der Waals surface area contributed by atoms with Crippen molar-refractivity contribution >= 4 is 12.0 Å². The van der Waals surface area contributed by atoms with E-state index >= 15 is 0 Å². The molecule has 1 amide bonds. The van der Waals surface area contributed by atoms with Crippen molar-refractivity contribution in [3.8, 4) is 11.5 Å². The fourth-order valence-electron chi connectivity index (χ4n) is 2.54. The molecule has 0 N–H and O–H groups in total. The number of carbonyl (C=O) groups excluding carboxylic acids is 1. The number of rotatable bonds is 10. The van der Waals surface area contributed by atoms with Gasteiger partial charge in [0.2, 0.25) is 5.91 Å². The maximum Gasteiger partial charge on any atom is 0.387 e. The van der Waals surface area contributed by atoms with E-state index in [4.69, 9.17) is 4.74 Å². The molecule has 140 valence electrons. The molecule has 0 spiro atoms. The summed E-state index contributed by atoms with van der Waals surface area (Å²) in [4.78, 5) is 14.2. The van der Waals surface area contributed by atoms with E-state index in [1.165, 1.54) is 25.3 Å². The van der Waals surface area contributed by atoms with Crippen molar-refractivity contribution in [3.05, 3.63) is 29.8 Å². The van der Waals surface area contributed by atoms with Crippen molar-refractivity contribution in [1.82, 2.24) is 4.90 Å². The Kier molecular flexibility index (Phi) is 8.95. The van der Waals surface area contributed by atoms with Gasteiger partial charge in [-0.2, -0.15) is 8.78 Å². The maximum atomic E-state index is 12.6. The molecule has 4 nitrogen and oxygen atoms in total. The zero-order chi connectivity index (χ0) is 18.8. The number of amides is 1. The van der Waals surface area contributed by atoms with E-state index in [1.807, 2.05) is 6.92 Å². The van der Waals surface area contributed by atoms with Gasteiger partial charge in [0.15, 0.2) is 11.5 Å². The summed E-state index contributed by atoms with van der Waals surface area (Å²) in [5, 5.41) is 0. The summed E-state index contributed by atoms with van der Waals surface area (Å²) in [7, 11) is 1.38. The lowest BCUT2D eigenvalue weighted by atomic mass is 10.0. The molecule has 0 atom stereocenters. The van der Waals surface area contributed by atoms with Gasteiger partial charge in [-0.15, -0.1) is 0 Å². The second-order valence-electron chi connectivity index (χ2n) is 5.65. The highest BCUT2D eigenvalue weighted by molar-refractivity contribution is 5.92. The third kappa shape index (κ3) is 6.36. The van der Waals surface area contributed by atoms with E-state index in [0.29, 0.717) is 24.6 Å². The number of methoxy groups -OCH3 is 1. The Labute approximate surface area is 148 Å². The Morgan fingerprint density at radius 3 is 2.44 bits per heavy atom. The minimum absolute atomic E-state index is 0.0768. The molecule has 0 aliphatic rings. The highest BCUT2D eigenvalue weighted by atomic mass is 19.3. The van der Waals surface area contributed by atoms with Gasteiger partial charge < -0.3 is 14.4 Å². The van der Waals surface area contributed by atoms with Gasteiger partial charge in [-0.05, 0) is 25.0 Å². The van der Waals surface area contributed by atoms with Crippen LogP contribution in [0.25, 0.3) is 6.08 Å². The predicted octanol–water partition coefficient (Wildman–Crippen LogP) is 4.59. The molecule has 6 heteroatoms. The highest BCUT2D eigenvalue weighted by Gasteiger charge is 2.16. The lowest BCUT2D eigenvalue weighted by Crippen LogP contribution is -2.33. The van der Waals surface area contributed by atoms with Crippen LogP contribution in [-0.4, -0.2) is 37.6 Å². The molecule has 0 radical (unpaired) electrons. The first-order chi connectivity index (χ1) is 12.0. The number of halogens is 2. The molecule has 1 rings (SSSR count). The Hall–Kier alpha value is -2.11. The average molecular weight is 355 g/mol. The molecule has 0 saturated carbocycles. The van der Waals surface area contributed by atoms with Gasteiger partial charge in [-0.3, -0.25) is 4.79 Å². The zero-order valence-corrected chi connectivity index (χ0v) is 15.3. The van der Waals surface area contributed by atoms with Crippen molar-refractivity contribution in [1.29, 1.82) is 0 Å². The summed E-state index contributed by atoms with van der Waals surface area (Å²) in [6.45, 7) is 4.44. The van der Waals surface area contributed by atoms with E-state index in [2.05, 4.69) is 18.6 Å². The zero-order valence-electron chi connectivity index (χ0n) is 15.3. The summed E-state index contributed by atoms with van der Waals surface area (Å²) < 4.78 is 34.9. The third-order valence-corrected chi connectivity index (χ3v) is 4.17. The molecule has 1 aromatic rings. The van der Waals surface area contributed by atoms with Gasteiger partial charge in [-0.25, -0.2) is 0 Å². The highest BCUT2D eigenvalue weighted by Crippen LogP contribution is 2.33. The van der Waals surface area contributed by atoms with Crippen molar-refractivity contribution < 1.29 is 23.0 Å². The van der Waals surface area contributed by atoms with E-state index < -0.39 is 6.61 Å². The number of ether oxygens (including phenoxy) is 2. The summed E-state index contributed by atoms with van der Waals surface area (Å²) in [6, 6.07) is 4.78. The van der Waals surface area contributed by atoms with E-state index in [0.717, 1.165) is 12.8 Å². The van der Waals surface area contributed by atoms with Gasteiger partial charge in [0.25, 0.3) is 0 Å². The van der Waals surface area contributed by atoms with Crippen LogP contribution in [0.2, 0.25) is 0 Å². The van der Waals surface area contributed by atoms with Crippen molar-refractivity contribution in [2.24, 2.45) is 5.92 Å². The second kappa shape index (κ2) is 10.7. The lowest BCUT2D eigenvalue weighted by molar-refractivity contribution is -0.126. The summed E-state index contributed by atoms with van der Waals surface area (Å²) in [5.41, 5.74) is 0.367. The number of nitrogens with zero attached hydrogens (tertiary/aromatic N) is 1. The van der Waals surface area contributed by atoms with Crippen molar-refractivity contribution in [3.63, 3.8) is 0 Å². The molecule has 0 aliphatic heterocycles. The monoisotopic (exact) mass is 355 g/mol. The second-order valence-corrected chi connectivity index (χ2v) is 5.65. The Morgan fingerprint density at radius 2 is 1.92 bits per heavy atom. The summed E-state index contributed by atoms with van der Waals surface area (Å²) in [5.74, 6) is 0.415. The van der Waals surface area contributed by atoms with Gasteiger partial charge in [-0.1, -0.05) is 38.8 Å². The molecule has 0 heterocycles. The van der Waals surface area contributed by atoms with Gasteiger partial charge in [0.05, 0.1) is 7.11 Å². The molecule has 25 heavy (non-hydrogen) atoms. The average Bonchev–Trinajstić information content (AvgIpc) is 2.61. The predicted molar refractivity (Wildman–Crippen MR) is 95.0 cm³/mol. The van der Waals surface area contributed by atoms with Gasteiger partial charge in [0.1, 0.15) is 0 Å². The quantitative estimate of drug-likeness (QED) is 0.576. The van der Waals surface area contributed by atoms with Crippen LogP contribution in [0.1, 0.15) is 39.2 Å². The third-order valence-electron chi connectivity index (χ3n) is 4.17. The number of alkyl halides is 2. The molecule has 0 aromatic heterocycles. The summed E-state index contributed by atoms with van der Waals surface area (Å²) >= 11 is 0. The molecule has 0 fully saturated rings. The Bertz CT molecular complexity index is 572. The van der Waals surface area contributed by atoms with Crippen LogP contribution in [-0.2, 0) is 4.79 Å². The van der Waals surface area contributed by atoms with Crippen LogP contribution in [0.5, 0.6) is 11.5 Å². The lowest BCUT2D eigenvalue weighted by Gasteiger charge is -2.24. The Balaban J connectivity index is 2.97. The normalized spacial score (nSPS) is 11.4. The number of carbonyl (C=O) groups is 1. The van der Waals surface area contributed by atoms with Gasteiger partial charge in [0, 0.05) is 24.7 Å². The van der Waals surface area contributed by atoms with Crippen LogP contribution < -0.4 is 9.47 Å². The molecular formula is C19H27F2NO3. The van der Waals surface area contributed by atoms with E-state index in [1.54, 1.807) is 17.0 Å². The fourth-order valence-corrected chi connectivity index (χ4v) is 2.54. The first kappa shape index (κ1) is 20.9. The molecule has 0 aliphatic carbocycles. The van der Waals surface area contributed by atoms with Gasteiger partial charge >= 0.3 is 6.61 Å². The smallest absolute Gasteiger partial charge is 0.387 e. The molecule has 0 unspecified atom stereocenters. The first-order valence-corrected chi connectivity index (χ1v) is 8.55. The SMILES string of the molecule is CCC(CC)CN(CC)C(=O)/C=C/c1cccc(OC)c1OC(F)F. The van der Waals surface area contributed by atoms with Crippen molar-refractivity contribution in [2.45, 2.75) is 40.2 Å².